The molecule has 2 aliphatic rings. The first-order valence-corrected chi connectivity index (χ1v) is 15.4. The van der Waals surface area contributed by atoms with Gasteiger partial charge in [-0.2, -0.15) is 0 Å². The van der Waals surface area contributed by atoms with Gasteiger partial charge in [0.2, 0.25) is 0 Å². The van der Waals surface area contributed by atoms with Gasteiger partial charge in [0, 0.05) is 50.4 Å². The highest BCUT2D eigenvalue weighted by atomic mass is 128. The fourth-order valence-corrected chi connectivity index (χ4v) is 3.27. The average molecular weight is 618 g/mol. The Morgan fingerprint density at radius 3 is 1.43 bits per heavy atom. The first kappa shape index (κ1) is 27.9. The zero-order valence-corrected chi connectivity index (χ0v) is 19.7. The largest absolute Gasteiger partial charge is 0.467 e. The molecule has 4 heterocycles. The third-order valence-electron chi connectivity index (χ3n) is 4.81. The zero-order valence-electron chi connectivity index (χ0n) is 15.4. The van der Waals surface area contributed by atoms with E-state index in [1.807, 2.05) is 24.3 Å². The predicted molar refractivity (Wildman–Crippen MR) is 133 cm³/mol. The summed E-state index contributed by atoms with van der Waals surface area (Å²) in [5, 5.41) is 0. The van der Waals surface area contributed by atoms with Crippen molar-refractivity contribution in [3.8, 4) is 0 Å². The van der Waals surface area contributed by atoms with Gasteiger partial charge in [-0.05, 0) is 61.8 Å². The summed E-state index contributed by atoms with van der Waals surface area (Å²) in [5.74, 6) is 3.46. The van der Waals surface area contributed by atoms with Crippen LogP contribution in [-0.2, 0) is 9.47 Å². The molecule has 0 N–H and O–H groups in total. The molecule has 4 rings (SSSR count). The Kier molecular flexibility index (Phi) is 15.7. The third-order valence-corrected chi connectivity index (χ3v) is 4.81. The quantitative estimate of drug-likeness (QED) is 0.317. The van der Waals surface area contributed by atoms with E-state index in [9.17, 15) is 0 Å². The smallest absolute Gasteiger partial charge is 0.132 e. The van der Waals surface area contributed by atoms with Crippen LogP contribution in [0.25, 0.3) is 0 Å². The number of hydrogen-bond acceptors (Lipinski definition) is 4. The summed E-state index contributed by atoms with van der Waals surface area (Å²) in [5.41, 5.74) is 0. The molecule has 3 unspecified atom stereocenters. The number of hydrogen-bond donors (Lipinski definition) is 0. The fourth-order valence-electron chi connectivity index (χ4n) is 3.27. The Balaban J connectivity index is 0.000000449. The third kappa shape index (κ3) is 9.17. The van der Waals surface area contributed by atoms with Crippen LogP contribution in [0.1, 0.15) is 78.1 Å². The van der Waals surface area contributed by atoms with Crippen LogP contribution < -0.4 is 0 Å². The highest BCUT2D eigenvalue weighted by molar-refractivity contribution is 15.0. The van der Waals surface area contributed by atoms with Crippen molar-refractivity contribution in [2.75, 3.05) is 13.2 Å². The molecule has 0 saturated carbocycles. The van der Waals surface area contributed by atoms with Gasteiger partial charge in [-0.25, -0.2) is 0 Å². The monoisotopic (exact) mass is 618 g/mol. The van der Waals surface area contributed by atoms with Gasteiger partial charge in [0.25, 0.3) is 0 Å². The molecule has 0 spiro atoms. The van der Waals surface area contributed by atoms with Crippen LogP contribution in [0, 0.1) is 11.8 Å². The first-order valence-electron chi connectivity index (χ1n) is 9.16. The molecule has 6 heteroatoms. The summed E-state index contributed by atoms with van der Waals surface area (Å²) >= 11 is 4.24. The lowest BCUT2D eigenvalue weighted by molar-refractivity contribution is -0.0183. The molecule has 0 radical (unpaired) electrons. The lowest BCUT2D eigenvalue weighted by atomic mass is 9.96. The second kappa shape index (κ2) is 15.7. The first-order chi connectivity index (χ1) is 12.7. The Bertz CT molecular complexity index is 519. The second-order valence-corrected chi connectivity index (χ2v) is 7.01. The molecule has 2 aromatic heterocycles. The number of furan rings is 2. The van der Waals surface area contributed by atoms with E-state index in [0.717, 1.165) is 49.4 Å². The maximum atomic E-state index is 5.60. The van der Waals surface area contributed by atoms with Crippen molar-refractivity contribution in [1.29, 1.82) is 0 Å². The van der Waals surface area contributed by atoms with Crippen molar-refractivity contribution in [1.82, 2.24) is 0 Å². The Morgan fingerprint density at radius 1 is 0.750 bits per heavy atom. The van der Waals surface area contributed by atoms with E-state index in [1.54, 1.807) is 12.5 Å². The minimum absolute atomic E-state index is 0. The van der Waals surface area contributed by atoms with Gasteiger partial charge in [0.05, 0.1) is 12.5 Å². The van der Waals surface area contributed by atoms with Crippen LogP contribution in [0.4, 0.5) is 0 Å². The van der Waals surface area contributed by atoms with Gasteiger partial charge in [-0.1, -0.05) is 28.7 Å². The summed E-state index contributed by atoms with van der Waals surface area (Å²) in [6, 6.07) is 7.81. The molecule has 0 bridgehead atoms. The van der Waals surface area contributed by atoms with Crippen molar-refractivity contribution in [2.24, 2.45) is 11.8 Å². The van der Waals surface area contributed by atoms with Gasteiger partial charge in [-0.15, -0.1) is 0 Å². The van der Waals surface area contributed by atoms with E-state index in [1.165, 1.54) is 12.8 Å². The van der Waals surface area contributed by atoms with Crippen molar-refractivity contribution in [3.63, 3.8) is 0 Å². The SMILES string of the molecule is C.C.CC1CCOC(c2ccco2)C1.C[C@H]1CCOC(c2ccco2)C1.II. The summed E-state index contributed by atoms with van der Waals surface area (Å²) in [6.07, 6.45) is 8.35. The lowest BCUT2D eigenvalue weighted by Crippen LogP contribution is -2.17. The van der Waals surface area contributed by atoms with Gasteiger partial charge in [-0.3, -0.25) is 0 Å². The summed E-state index contributed by atoms with van der Waals surface area (Å²) in [4.78, 5) is 0. The van der Waals surface area contributed by atoms with Gasteiger partial charge >= 0.3 is 0 Å². The molecule has 2 aromatic rings. The lowest BCUT2D eigenvalue weighted by Gasteiger charge is -2.25. The Labute approximate surface area is 194 Å². The van der Waals surface area contributed by atoms with Crippen molar-refractivity contribution in [3.05, 3.63) is 48.3 Å². The van der Waals surface area contributed by atoms with Crippen molar-refractivity contribution >= 4 is 37.2 Å². The van der Waals surface area contributed by atoms with Crippen LogP contribution >= 0.6 is 37.2 Å². The zero-order chi connectivity index (χ0) is 18.8. The van der Waals surface area contributed by atoms with E-state index in [2.05, 4.69) is 51.1 Å². The van der Waals surface area contributed by atoms with E-state index in [0.29, 0.717) is 0 Å². The molecule has 162 valence electrons. The maximum Gasteiger partial charge on any atom is 0.132 e. The molecule has 0 aliphatic carbocycles. The molecule has 4 nitrogen and oxygen atoms in total. The number of rotatable bonds is 2. The minimum Gasteiger partial charge on any atom is -0.467 e. The summed E-state index contributed by atoms with van der Waals surface area (Å²) in [6.45, 7) is 6.26. The molecular formula is C22H36I2O4. The molecule has 2 aliphatic heterocycles. The predicted octanol–water partition coefficient (Wildman–Crippen LogP) is 8.58. The van der Waals surface area contributed by atoms with E-state index in [-0.39, 0.29) is 27.1 Å². The normalized spacial score (nSPS) is 26.3. The Hall–Kier alpha value is -0.0600. The van der Waals surface area contributed by atoms with Crippen molar-refractivity contribution < 1.29 is 18.3 Å². The number of halogens is 2. The summed E-state index contributed by atoms with van der Waals surface area (Å²) < 4.78 is 21.8. The topological polar surface area (TPSA) is 44.7 Å². The Morgan fingerprint density at radius 2 is 1.14 bits per heavy atom. The highest BCUT2D eigenvalue weighted by Gasteiger charge is 2.23. The molecule has 2 fully saturated rings. The minimum atomic E-state index is 0. The van der Waals surface area contributed by atoms with Crippen LogP contribution in [0.2, 0.25) is 0 Å². The molecule has 0 aromatic carbocycles. The fraction of sp³-hybridized carbons (Fsp3) is 0.636. The highest BCUT2D eigenvalue weighted by Crippen LogP contribution is 2.32. The van der Waals surface area contributed by atoms with Crippen LogP contribution in [0.3, 0.4) is 0 Å². The number of ether oxygens (including phenoxy) is 2. The van der Waals surface area contributed by atoms with Crippen LogP contribution in [-0.4, -0.2) is 13.2 Å². The molecule has 28 heavy (non-hydrogen) atoms. The van der Waals surface area contributed by atoms with Crippen LogP contribution in [0.5, 0.6) is 0 Å². The molecule has 4 atom stereocenters. The van der Waals surface area contributed by atoms with Gasteiger partial charge < -0.3 is 18.3 Å². The van der Waals surface area contributed by atoms with Crippen LogP contribution in [0.15, 0.2) is 45.6 Å². The maximum absolute atomic E-state index is 5.60. The van der Waals surface area contributed by atoms with E-state index >= 15 is 0 Å². The second-order valence-electron chi connectivity index (χ2n) is 7.01. The standard InChI is InChI=1S/2C10H14O2.2CH4.I2/c2*1-8-4-6-12-10(7-8)9-3-2-5-11-9;;;1-2/h2*2-3,5,8,10H,4,6-7H2,1H3;2*1H4;/t8-,10?;;;;/m0..../s1. The van der Waals surface area contributed by atoms with Gasteiger partial charge in [0.1, 0.15) is 23.7 Å². The van der Waals surface area contributed by atoms with E-state index in [4.69, 9.17) is 18.3 Å². The van der Waals surface area contributed by atoms with Gasteiger partial charge in [0.15, 0.2) is 0 Å². The average Bonchev–Trinajstić information content (AvgIpc) is 3.38. The van der Waals surface area contributed by atoms with E-state index < -0.39 is 0 Å². The summed E-state index contributed by atoms with van der Waals surface area (Å²) in [7, 11) is 0. The molecular weight excluding hydrogens is 582 g/mol. The molecule has 2 saturated heterocycles. The van der Waals surface area contributed by atoms with Crippen molar-refractivity contribution in [2.45, 2.75) is 66.6 Å². The molecule has 0 amide bonds.